The Morgan fingerprint density at radius 1 is 1.18 bits per heavy atom. The zero-order valence-electron chi connectivity index (χ0n) is 14.7. The molecule has 0 aliphatic rings. The molecule has 148 valence electrons. The van der Waals surface area contributed by atoms with Gasteiger partial charge in [0.05, 0.1) is 24.9 Å². The van der Waals surface area contributed by atoms with E-state index >= 15 is 0 Å². The van der Waals surface area contributed by atoms with Crippen molar-refractivity contribution < 1.29 is 32.6 Å². The largest absolute Gasteiger partial charge is 0.504 e. The third-order valence-electron chi connectivity index (χ3n) is 3.56. The number of amides is 2. The van der Waals surface area contributed by atoms with Crippen LogP contribution in [0.3, 0.4) is 0 Å². The first-order chi connectivity index (χ1) is 13.2. The van der Waals surface area contributed by atoms with Crippen LogP contribution < -0.4 is 15.4 Å². The summed E-state index contributed by atoms with van der Waals surface area (Å²) < 4.78 is 43.6. The number of phenols is 1. The van der Waals surface area contributed by atoms with Crippen LogP contribution in [0.25, 0.3) is 6.08 Å². The van der Waals surface area contributed by atoms with Crippen molar-refractivity contribution in [2.45, 2.75) is 6.18 Å². The highest BCUT2D eigenvalue weighted by Crippen LogP contribution is 2.34. The fourth-order valence-electron chi connectivity index (χ4n) is 2.23. The zero-order chi connectivity index (χ0) is 20.7. The molecule has 2 rings (SSSR count). The fourth-order valence-corrected chi connectivity index (χ4v) is 2.23. The number of carbonyl (C=O) groups is 2. The molecular formula is C19H17F3N2O4. The van der Waals surface area contributed by atoms with Gasteiger partial charge in [0.25, 0.3) is 0 Å². The minimum absolute atomic E-state index is 0.0556. The zero-order valence-corrected chi connectivity index (χ0v) is 14.7. The molecule has 0 fully saturated rings. The average molecular weight is 394 g/mol. The van der Waals surface area contributed by atoms with Crippen molar-refractivity contribution in [3.63, 3.8) is 0 Å². The Labute approximate surface area is 158 Å². The van der Waals surface area contributed by atoms with Gasteiger partial charge in [-0.15, -0.1) is 0 Å². The lowest BCUT2D eigenvalue weighted by molar-refractivity contribution is -0.137. The molecule has 0 saturated carbocycles. The molecule has 0 heterocycles. The smallest absolute Gasteiger partial charge is 0.418 e. The number of aromatic hydroxyl groups is 1. The highest BCUT2D eigenvalue weighted by atomic mass is 19.4. The molecule has 2 aromatic rings. The van der Waals surface area contributed by atoms with Crippen LogP contribution in [-0.2, 0) is 15.8 Å². The lowest BCUT2D eigenvalue weighted by atomic mass is 10.1. The summed E-state index contributed by atoms with van der Waals surface area (Å²) in [5.74, 6) is -1.25. The Morgan fingerprint density at radius 2 is 1.89 bits per heavy atom. The third-order valence-corrected chi connectivity index (χ3v) is 3.56. The molecule has 0 unspecified atom stereocenters. The predicted octanol–water partition coefficient (Wildman–Crippen LogP) is 3.19. The number of carbonyl (C=O) groups excluding carboxylic acids is 2. The van der Waals surface area contributed by atoms with E-state index in [2.05, 4.69) is 10.6 Å². The summed E-state index contributed by atoms with van der Waals surface area (Å²) in [5, 5.41) is 13.9. The van der Waals surface area contributed by atoms with Gasteiger partial charge in [0.15, 0.2) is 11.5 Å². The molecule has 0 aromatic heterocycles. The predicted molar refractivity (Wildman–Crippen MR) is 96.8 cm³/mol. The highest BCUT2D eigenvalue weighted by Gasteiger charge is 2.33. The summed E-state index contributed by atoms with van der Waals surface area (Å²) >= 11 is 0. The number of alkyl halides is 3. The van der Waals surface area contributed by atoms with Crippen LogP contribution in [0.4, 0.5) is 18.9 Å². The average Bonchev–Trinajstić information content (AvgIpc) is 2.65. The van der Waals surface area contributed by atoms with E-state index in [4.69, 9.17) is 4.74 Å². The van der Waals surface area contributed by atoms with Gasteiger partial charge in [-0.05, 0) is 35.9 Å². The number of phenolic OH excluding ortho intramolecular Hbond substituents is 1. The van der Waals surface area contributed by atoms with E-state index in [-0.39, 0.29) is 17.2 Å². The number of anilines is 1. The summed E-state index contributed by atoms with van der Waals surface area (Å²) in [6.45, 7) is -0.506. The topological polar surface area (TPSA) is 87.7 Å². The molecule has 9 heteroatoms. The van der Waals surface area contributed by atoms with Crippen molar-refractivity contribution in [2.24, 2.45) is 0 Å². The third kappa shape index (κ3) is 5.76. The number of hydrogen-bond donors (Lipinski definition) is 3. The van der Waals surface area contributed by atoms with Crippen LogP contribution in [0.1, 0.15) is 11.1 Å². The van der Waals surface area contributed by atoms with Crippen LogP contribution in [0.5, 0.6) is 11.5 Å². The van der Waals surface area contributed by atoms with Gasteiger partial charge in [0, 0.05) is 6.08 Å². The van der Waals surface area contributed by atoms with Crippen LogP contribution in [0.15, 0.2) is 48.5 Å². The van der Waals surface area contributed by atoms with Crippen molar-refractivity contribution in [1.29, 1.82) is 0 Å². The van der Waals surface area contributed by atoms with Crippen molar-refractivity contribution in [3.8, 4) is 11.5 Å². The number of benzene rings is 2. The van der Waals surface area contributed by atoms with Gasteiger partial charge in [-0.25, -0.2) is 0 Å². The van der Waals surface area contributed by atoms with E-state index in [1.165, 1.54) is 37.5 Å². The number of nitrogens with one attached hydrogen (secondary N) is 2. The second-order valence-electron chi connectivity index (χ2n) is 5.57. The van der Waals surface area contributed by atoms with Crippen LogP contribution in [-0.4, -0.2) is 30.6 Å². The molecule has 2 amide bonds. The van der Waals surface area contributed by atoms with Crippen molar-refractivity contribution in [2.75, 3.05) is 19.0 Å². The van der Waals surface area contributed by atoms with Gasteiger partial charge in [-0.3, -0.25) is 9.59 Å². The lowest BCUT2D eigenvalue weighted by Crippen LogP contribution is -2.32. The molecule has 0 aliphatic carbocycles. The van der Waals surface area contributed by atoms with E-state index in [9.17, 15) is 27.9 Å². The molecule has 0 spiro atoms. The second kappa shape index (κ2) is 8.94. The number of ether oxygens (including phenoxy) is 1. The minimum atomic E-state index is -4.61. The Hall–Kier alpha value is -3.49. The molecule has 0 bridgehead atoms. The van der Waals surface area contributed by atoms with Crippen molar-refractivity contribution >= 4 is 23.6 Å². The quantitative estimate of drug-likeness (QED) is 0.657. The van der Waals surface area contributed by atoms with Crippen LogP contribution >= 0.6 is 0 Å². The van der Waals surface area contributed by atoms with E-state index in [1.807, 2.05) is 0 Å². The standard InChI is InChI=1S/C19H17F3N2O4/c1-28-16-10-12(6-8-15(16)25)7-9-17(26)23-11-18(27)24-14-5-3-2-4-13(14)19(20,21)22/h2-10,25H,11H2,1H3,(H,23,26)(H,24,27)/b9-7+. The molecule has 2 aromatic carbocycles. The van der Waals surface area contributed by atoms with Gasteiger partial charge < -0.3 is 20.5 Å². The van der Waals surface area contributed by atoms with Crippen LogP contribution in [0.2, 0.25) is 0 Å². The molecule has 0 radical (unpaired) electrons. The second-order valence-corrected chi connectivity index (χ2v) is 5.57. The summed E-state index contributed by atoms with van der Waals surface area (Å²) in [7, 11) is 1.38. The number of rotatable bonds is 6. The maximum Gasteiger partial charge on any atom is 0.418 e. The molecule has 3 N–H and O–H groups in total. The van der Waals surface area contributed by atoms with E-state index in [0.29, 0.717) is 5.56 Å². The van der Waals surface area contributed by atoms with Gasteiger partial charge in [0.1, 0.15) is 0 Å². The maximum absolute atomic E-state index is 12.9. The van der Waals surface area contributed by atoms with Crippen molar-refractivity contribution in [3.05, 3.63) is 59.7 Å². The summed E-state index contributed by atoms with van der Waals surface area (Å²) in [6.07, 6.45) is -2.04. The van der Waals surface area contributed by atoms with Crippen molar-refractivity contribution in [1.82, 2.24) is 5.32 Å². The van der Waals surface area contributed by atoms with E-state index in [1.54, 1.807) is 6.07 Å². The lowest BCUT2D eigenvalue weighted by Gasteiger charge is -2.13. The molecule has 0 saturated heterocycles. The normalized spacial score (nSPS) is 11.3. The van der Waals surface area contributed by atoms with Gasteiger partial charge in [0.2, 0.25) is 11.8 Å². The molecular weight excluding hydrogens is 377 g/mol. The highest BCUT2D eigenvalue weighted by molar-refractivity contribution is 5.98. The molecule has 6 nitrogen and oxygen atoms in total. The number of halogens is 3. The number of para-hydroxylation sites is 1. The van der Waals surface area contributed by atoms with Gasteiger partial charge >= 0.3 is 6.18 Å². The van der Waals surface area contributed by atoms with E-state index < -0.39 is 30.1 Å². The number of methoxy groups -OCH3 is 1. The Bertz CT molecular complexity index is 895. The first kappa shape index (κ1) is 20.8. The van der Waals surface area contributed by atoms with E-state index in [0.717, 1.165) is 18.2 Å². The molecule has 28 heavy (non-hydrogen) atoms. The number of hydrogen-bond acceptors (Lipinski definition) is 4. The Morgan fingerprint density at radius 3 is 2.57 bits per heavy atom. The minimum Gasteiger partial charge on any atom is -0.504 e. The first-order valence-electron chi connectivity index (χ1n) is 7.99. The maximum atomic E-state index is 12.9. The SMILES string of the molecule is COc1cc(/C=C/C(=O)NCC(=O)Nc2ccccc2C(F)(F)F)ccc1O. The Kier molecular flexibility index (Phi) is 6.64. The summed E-state index contributed by atoms with van der Waals surface area (Å²) in [6, 6.07) is 8.98. The summed E-state index contributed by atoms with van der Waals surface area (Å²) in [4.78, 5) is 23.6. The monoisotopic (exact) mass is 394 g/mol. The fraction of sp³-hybridized carbons (Fsp3) is 0.158. The summed E-state index contributed by atoms with van der Waals surface area (Å²) in [5.41, 5.74) is -0.801. The van der Waals surface area contributed by atoms with Gasteiger partial charge in [-0.2, -0.15) is 13.2 Å². The first-order valence-corrected chi connectivity index (χ1v) is 7.99. The Balaban J connectivity index is 1.92. The van der Waals surface area contributed by atoms with Gasteiger partial charge in [-0.1, -0.05) is 18.2 Å². The molecule has 0 atom stereocenters. The van der Waals surface area contributed by atoms with Crippen LogP contribution in [0, 0.1) is 0 Å². The molecule has 0 aliphatic heterocycles.